The van der Waals surface area contributed by atoms with E-state index in [0.717, 1.165) is 30.9 Å². The summed E-state index contributed by atoms with van der Waals surface area (Å²) >= 11 is 0. The normalized spacial score (nSPS) is 24.3. The predicted molar refractivity (Wildman–Crippen MR) is 90.8 cm³/mol. The Labute approximate surface area is 130 Å². The fourth-order valence-electron chi connectivity index (χ4n) is 2.59. The van der Waals surface area contributed by atoms with E-state index in [1.54, 1.807) is 0 Å². The topological polar surface area (TPSA) is 36.4 Å². The van der Waals surface area contributed by atoms with Crippen molar-refractivity contribution in [3.63, 3.8) is 0 Å². The highest BCUT2D eigenvalue weighted by Crippen LogP contribution is 2.27. The molecule has 0 saturated heterocycles. The smallest absolute Gasteiger partial charge is 0.190 e. The number of nitrogens with zero attached hydrogens (tertiary/aromatic N) is 1. The van der Waals surface area contributed by atoms with Crippen LogP contribution in [0, 0.1) is 11.8 Å². The second kappa shape index (κ2) is 10.9. The molecule has 0 aliphatic heterocycles. The summed E-state index contributed by atoms with van der Waals surface area (Å²) in [6.45, 7) is 6.69. The van der Waals surface area contributed by atoms with E-state index in [1.165, 1.54) is 38.5 Å². The van der Waals surface area contributed by atoms with Crippen molar-refractivity contribution in [3.8, 4) is 0 Å². The van der Waals surface area contributed by atoms with E-state index in [1.807, 2.05) is 7.05 Å². The first-order chi connectivity index (χ1) is 8.26. The maximum atomic E-state index is 4.26. The third kappa shape index (κ3) is 7.44. The molecule has 0 aromatic carbocycles. The van der Waals surface area contributed by atoms with Gasteiger partial charge >= 0.3 is 0 Å². The highest BCUT2D eigenvalue weighted by molar-refractivity contribution is 14.0. The molecule has 0 aromatic heterocycles. The van der Waals surface area contributed by atoms with Crippen LogP contribution in [0.2, 0.25) is 0 Å². The molecule has 3 nitrogen and oxygen atoms in total. The van der Waals surface area contributed by atoms with Gasteiger partial charge in [-0.15, -0.1) is 24.0 Å². The number of rotatable bonds is 5. The number of guanidine groups is 1. The van der Waals surface area contributed by atoms with E-state index in [9.17, 15) is 0 Å². The molecule has 0 spiro atoms. The van der Waals surface area contributed by atoms with Crippen LogP contribution in [0.3, 0.4) is 0 Å². The van der Waals surface area contributed by atoms with Gasteiger partial charge in [0.1, 0.15) is 0 Å². The van der Waals surface area contributed by atoms with E-state index in [-0.39, 0.29) is 24.0 Å². The fourth-order valence-corrected chi connectivity index (χ4v) is 2.59. The molecule has 1 aliphatic rings. The first kappa shape index (κ1) is 18.0. The first-order valence-electron chi connectivity index (χ1n) is 7.20. The minimum absolute atomic E-state index is 0. The molecule has 0 heterocycles. The summed E-state index contributed by atoms with van der Waals surface area (Å²) in [5.41, 5.74) is 0. The van der Waals surface area contributed by atoms with Crippen LogP contribution in [0.1, 0.15) is 52.4 Å². The number of aliphatic imine (C=N–C) groups is 1. The molecular weight excluding hydrogens is 337 g/mol. The third-order valence-electron chi connectivity index (χ3n) is 3.65. The molecule has 18 heavy (non-hydrogen) atoms. The molecule has 0 bridgehead atoms. The van der Waals surface area contributed by atoms with Gasteiger partial charge in [-0.05, 0) is 31.1 Å². The van der Waals surface area contributed by atoms with Gasteiger partial charge in [0.25, 0.3) is 0 Å². The molecule has 1 aliphatic carbocycles. The average molecular weight is 367 g/mol. The monoisotopic (exact) mass is 367 g/mol. The lowest BCUT2D eigenvalue weighted by atomic mass is 9.82. The molecule has 0 aromatic rings. The Hall–Kier alpha value is 0. The van der Waals surface area contributed by atoms with Crippen LogP contribution >= 0.6 is 24.0 Å². The summed E-state index contributed by atoms with van der Waals surface area (Å²) in [7, 11) is 1.85. The van der Waals surface area contributed by atoms with Crippen molar-refractivity contribution in [2.45, 2.75) is 52.4 Å². The summed E-state index contributed by atoms with van der Waals surface area (Å²) in [4.78, 5) is 4.26. The van der Waals surface area contributed by atoms with Crippen LogP contribution < -0.4 is 10.6 Å². The van der Waals surface area contributed by atoms with Crippen LogP contribution in [0.4, 0.5) is 0 Å². The summed E-state index contributed by atoms with van der Waals surface area (Å²) in [5.74, 6) is 2.71. The lowest BCUT2D eigenvalue weighted by molar-refractivity contribution is 0.282. The molecule has 4 heteroatoms. The van der Waals surface area contributed by atoms with Crippen molar-refractivity contribution in [3.05, 3.63) is 0 Å². The Balaban J connectivity index is 0.00000289. The molecule has 0 radical (unpaired) electrons. The largest absolute Gasteiger partial charge is 0.356 e. The van der Waals surface area contributed by atoms with Crippen LogP contribution in [0.5, 0.6) is 0 Å². The molecule has 1 rings (SSSR count). The lowest BCUT2D eigenvalue weighted by Crippen LogP contribution is -2.40. The summed E-state index contributed by atoms with van der Waals surface area (Å²) < 4.78 is 0. The average Bonchev–Trinajstić information content (AvgIpc) is 2.34. The van der Waals surface area contributed by atoms with Gasteiger partial charge in [-0.3, -0.25) is 4.99 Å². The van der Waals surface area contributed by atoms with Crippen molar-refractivity contribution in [1.82, 2.24) is 10.6 Å². The molecule has 108 valence electrons. The Morgan fingerprint density at radius 2 is 2.06 bits per heavy atom. The molecule has 2 unspecified atom stereocenters. The lowest BCUT2D eigenvalue weighted by Gasteiger charge is -2.27. The van der Waals surface area contributed by atoms with Crippen molar-refractivity contribution >= 4 is 29.9 Å². The van der Waals surface area contributed by atoms with E-state index >= 15 is 0 Å². The zero-order valence-electron chi connectivity index (χ0n) is 12.2. The Morgan fingerprint density at radius 1 is 1.28 bits per heavy atom. The van der Waals surface area contributed by atoms with Gasteiger partial charge in [0.05, 0.1) is 0 Å². The van der Waals surface area contributed by atoms with Crippen molar-refractivity contribution in [2.75, 3.05) is 20.1 Å². The minimum Gasteiger partial charge on any atom is -0.356 e. The van der Waals surface area contributed by atoms with Crippen LogP contribution in [0.25, 0.3) is 0 Å². The highest BCUT2D eigenvalue weighted by Gasteiger charge is 2.18. The SMILES string of the molecule is CCCCNC(=NC)NCC1CCCC(C)C1.I. The Bertz CT molecular complexity index is 231. The summed E-state index contributed by atoms with van der Waals surface area (Å²) in [6.07, 6.45) is 8.00. The van der Waals surface area contributed by atoms with E-state index in [2.05, 4.69) is 29.5 Å². The van der Waals surface area contributed by atoms with Crippen LogP contribution in [0.15, 0.2) is 4.99 Å². The molecule has 2 N–H and O–H groups in total. The maximum absolute atomic E-state index is 4.26. The first-order valence-corrected chi connectivity index (χ1v) is 7.20. The van der Waals surface area contributed by atoms with Gasteiger partial charge in [0.15, 0.2) is 5.96 Å². The van der Waals surface area contributed by atoms with E-state index < -0.39 is 0 Å². The third-order valence-corrected chi connectivity index (χ3v) is 3.65. The maximum Gasteiger partial charge on any atom is 0.190 e. The van der Waals surface area contributed by atoms with Crippen molar-refractivity contribution in [1.29, 1.82) is 0 Å². The van der Waals surface area contributed by atoms with Crippen LogP contribution in [-0.2, 0) is 0 Å². The van der Waals surface area contributed by atoms with Gasteiger partial charge in [-0.2, -0.15) is 0 Å². The van der Waals surface area contributed by atoms with Crippen molar-refractivity contribution in [2.24, 2.45) is 16.8 Å². The molecule has 0 amide bonds. The zero-order chi connectivity index (χ0) is 12.5. The molecule has 2 atom stereocenters. The zero-order valence-corrected chi connectivity index (χ0v) is 14.5. The predicted octanol–water partition coefficient (Wildman–Crippen LogP) is 3.40. The number of unbranched alkanes of at least 4 members (excludes halogenated alkanes) is 1. The van der Waals surface area contributed by atoms with Gasteiger partial charge in [-0.1, -0.05) is 33.1 Å². The highest BCUT2D eigenvalue weighted by atomic mass is 127. The van der Waals surface area contributed by atoms with E-state index in [0.29, 0.717) is 0 Å². The number of nitrogens with one attached hydrogen (secondary N) is 2. The molecule has 1 fully saturated rings. The molecule has 1 saturated carbocycles. The summed E-state index contributed by atoms with van der Waals surface area (Å²) in [6, 6.07) is 0. The Morgan fingerprint density at radius 3 is 2.67 bits per heavy atom. The van der Waals surface area contributed by atoms with Gasteiger partial charge in [-0.25, -0.2) is 0 Å². The van der Waals surface area contributed by atoms with Gasteiger partial charge in [0, 0.05) is 20.1 Å². The van der Waals surface area contributed by atoms with Gasteiger partial charge < -0.3 is 10.6 Å². The fraction of sp³-hybridized carbons (Fsp3) is 0.929. The minimum atomic E-state index is 0. The number of halogens is 1. The van der Waals surface area contributed by atoms with E-state index in [4.69, 9.17) is 0 Å². The van der Waals surface area contributed by atoms with Gasteiger partial charge in [0.2, 0.25) is 0 Å². The quantitative estimate of drug-likeness (QED) is 0.338. The van der Waals surface area contributed by atoms with Crippen molar-refractivity contribution < 1.29 is 0 Å². The second-order valence-corrected chi connectivity index (χ2v) is 5.37. The number of hydrogen-bond donors (Lipinski definition) is 2. The molecular formula is C14H30IN3. The number of hydrogen-bond acceptors (Lipinski definition) is 1. The standard InChI is InChI=1S/C14H29N3.HI/c1-4-5-9-16-14(15-3)17-11-13-8-6-7-12(2)10-13;/h12-13H,4-11H2,1-3H3,(H2,15,16,17);1H. The Kier molecular flexibility index (Phi) is 10.9. The second-order valence-electron chi connectivity index (χ2n) is 5.37. The van der Waals surface area contributed by atoms with Crippen LogP contribution in [-0.4, -0.2) is 26.1 Å². The summed E-state index contributed by atoms with van der Waals surface area (Å²) in [5, 5.41) is 6.82.